The van der Waals surface area contributed by atoms with Crippen LogP contribution < -0.4 is 5.73 Å². The molecule has 0 fully saturated rings. The summed E-state index contributed by atoms with van der Waals surface area (Å²) in [7, 11) is 0. The molecule has 0 atom stereocenters. The summed E-state index contributed by atoms with van der Waals surface area (Å²) in [6.07, 6.45) is 3.33. The number of hydrogen-bond donors (Lipinski definition) is 1. The number of aromatic nitrogens is 6. The van der Waals surface area contributed by atoms with Crippen LogP contribution in [0.4, 0.5) is 5.69 Å². The zero-order valence-corrected chi connectivity index (χ0v) is 10.7. The van der Waals surface area contributed by atoms with Crippen LogP contribution in [0.3, 0.4) is 0 Å². The SMILES string of the molecule is Cl.Nc1cnn(Cc2nnnn2-c2ccccc2)c1. The van der Waals surface area contributed by atoms with E-state index in [9.17, 15) is 0 Å². The van der Waals surface area contributed by atoms with E-state index in [1.807, 2.05) is 30.3 Å². The van der Waals surface area contributed by atoms with Crippen LogP contribution in [0.25, 0.3) is 5.69 Å². The Labute approximate surface area is 115 Å². The Kier molecular flexibility index (Phi) is 3.76. The van der Waals surface area contributed by atoms with Crippen LogP contribution >= 0.6 is 12.4 Å². The molecule has 0 radical (unpaired) electrons. The Morgan fingerprint density at radius 1 is 1.16 bits per heavy atom. The van der Waals surface area contributed by atoms with Gasteiger partial charge >= 0.3 is 0 Å². The van der Waals surface area contributed by atoms with Gasteiger partial charge in [-0.1, -0.05) is 18.2 Å². The van der Waals surface area contributed by atoms with E-state index < -0.39 is 0 Å². The largest absolute Gasteiger partial charge is 0.396 e. The molecule has 1 aromatic carbocycles. The number of nitrogen functional groups attached to an aromatic ring is 1. The van der Waals surface area contributed by atoms with Crippen molar-refractivity contribution in [1.29, 1.82) is 0 Å². The monoisotopic (exact) mass is 277 g/mol. The number of nitrogens with zero attached hydrogens (tertiary/aromatic N) is 6. The van der Waals surface area contributed by atoms with Gasteiger partial charge in [-0.25, -0.2) is 0 Å². The fraction of sp³-hybridized carbons (Fsp3) is 0.0909. The molecule has 0 aliphatic carbocycles. The third kappa shape index (κ3) is 2.71. The smallest absolute Gasteiger partial charge is 0.178 e. The Morgan fingerprint density at radius 2 is 1.95 bits per heavy atom. The molecule has 2 N–H and O–H groups in total. The summed E-state index contributed by atoms with van der Waals surface area (Å²) >= 11 is 0. The van der Waals surface area contributed by atoms with Crippen molar-refractivity contribution in [1.82, 2.24) is 30.0 Å². The van der Waals surface area contributed by atoms with E-state index >= 15 is 0 Å². The van der Waals surface area contributed by atoms with Crippen molar-refractivity contribution < 1.29 is 0 Å². The Balaban J connectivity index is 0.00000133. The van der Waals surface area contributed by atoms with Gasteiger partial charge in [0, 0.05) is 6.20 Å². The predicted octanol–water partition coefficient (Wildman–Crippen LogP) is 0.911. The van der Waals surface area contributed by atoms with E-state index in [1.54, 1.807) is 21.8 Å². The summed E-state index contributed by atoms with van der Waals surface area (Å²) in [5.74, 6) is 0.698. The average molecular weight is 278 g/mol. The topological polar surface area (TPSA) is 87.4 Å². The maximum atomic E-state index is 5.61. The third-order valence-electron chi connectivity index (χ3n) is 2.49. The van der Waals surface area contributed by atoms with Crippen molar-refractivity contribution in [3.8, 4) is 5.69 Å². The minimum Gasteiger partial charge on any atom is -0.396 e. The second-order valence-electron chi connectivity index (χ2n) is 3.81. The number of rotatable bonds is 3. The molecular weight excluding hydrogens is 266 g/mol. The van der Waals surface area contributed by atoms with Gasteiger partial charge in [-0.3, -0.25) is 4.68 Å². The Morgan fingerprint density at radius 3 is 2.63 bits per heavy atom. The van der Waals surface area contributed by atoms with Gasteiger partial charge in [0.25, 0.3) is 0 Å². The molecule has 0 aliphatic rings. The quantitative estimate of drug-likeness (QED) is 0.769. The van der Waals surface area contributed by atoms with Crippen molar-refractivity contribution in [2.45, 2.75) is 6.54 Å². The Hall–Kier alpha value is -2.41. The molecule has 0 unspecified atom stereocenters. The van der Waals surface area contributed by atoms with Crippen LogP contribution in [0.2, 0.25) is 0 Å². The standard InChI is InChI=1S/C11H11N7.ClH/c12-9-6-13-17(7-9)8-11-14-15-16-18(11)10-4-2-1-3-5-10;/h1-7H,8,12H2;1H. The fourth-order valence-corrected chi connectivity index (χ4v) is 1.68. The molecule has 3 aromatic rings. The molecule has 19 heavy (non-hydrogen) atoms. The van der Waals surface area contributed by atoms with Crippen LogP contribution in [-0.4, -0.2) is 30.0 Å². The first-order chi connectivity index (χ1) is 8.83. The molecule has 2 aromatic heterocycles. The van der Waals surface area contributed by atoms with Gasteiger partial charge in [0.2, 0.25) is 0 Å². The molecular formula is C11H12ClN7. The molecule has 3 rings (SSSR count). The number of nitrogens with two attached hydrogens (primary N) is 1. The number of halogens is 1. The van der Waals surface area contributed by atoms with E-state index in [0.717, 1.165) is 5.69 Å². The fourth-order valence-electron chi connectivity index (χ4n) is 1.68. The molecule has 0 spiro atoms. The van der Waals surface area contributed by atoms with E-state index in [2.05, 4.69) is 20.6 Å². The molecule has 0 aliphatic heterocycles. The first kappa shape index (κ1) is 13.0. The molecule has 7 nitrogen and oxygen atoms in total. The van der Waals surface area contributed by atoms with Crippen molar-refractivity contribution in [2.24, 2.45) is 0 Å². The molecule has 8 heteroatoms. The van der Waals surface area contributed by atoms with Gasteiger partial charge in [-0.15, -0.1) is 17.5 Å². The number of benzene rings is 1. The minimum absolute atomic E-state index is 0. The summed E-state index contributed by atoms with van der Waals surface area (Å²) < 4.78 is 3.37. The molecule has 0 saturated carbocycles. The number of anilines is 1. The summed E-state index contributed by atoms with van der Waals surface area (Å²) in [6, 6.07) is 9.70. The normalized spacial score (nSPS) is 10.1. The maximum Gasteiger partial charge on any atom is 0.178 e. The van der Waals surface area contributed by atoms with Gasteiger partial charge in [0.1, 0.15) is 6.54 Å². The zero-order valence-electron chi connectivity index (χ0n) is 9.92. The summed E-state index contributed by atoms with van der Waals surface area (Å²) in [5, 5.41) is 15.8. The lowest BCUT2D eigenvalue weighted by molar-refractivity contribution is 0.634. The molecule has 0 bridgehead atoms. The van der Waals surface area contributed by atoms with Crippen LogP contribution in [0.5, 0.6) is 0 Å². The first-order valence-corrected chi connectivity index (χ1v) is 5.43. The second-order valence-corrected chi connectivity index (χ2v) is 3.81. The zero-order chi connectivity index (χ0) is 12.4. The summed E-state index contributed by atoms with van der Waals surface area (Å²) in [5.41, 5.74) is 7.15. The predicted molar refractivity (Wildman–Crippen MR) is 72.1 cm³/mol. The van der Waals surface area contributed by atoms with E-state index in [1.165, 1.54) is 0 Å². The Bertz CT molecular complexity index is 646. The highest BCUT2D eigenvalue weighted by molar-refractivity contribution is 5.85. The highest BCUT2D eigenvalue weighted by Crippen LogP contribution is 2.08. The van der Waals surface area contributed by atoms with Crippen LogP contribution in [-0.2, 0) is 6.54 Å². The second kappa shape index (κ2) is 5.49. The van der Waals surface area contributed by atoms with E-state index in [4.69, 9.17) is 5.73 Å². The third-order valence-corrected chi connectivity index (χ3v) is 2.49. The molecule has 0 amide bonds. The number of tetrazole rings is 1. The lowest BCUT2D eigenvalue weighted by Crippen LogP contribution is -2.08. The lowest BCUT2D eigenvalue weighted by Gasteiger charge is -2.04. The van der Waals surface area contributed by atoms with Crippen LogP contribution in [0, 0.1) is 0 Å². The van der Waals surface area contributed by atoms with Gasteiger partial charge in [-0.2, -0.15) is 9.78 Å². The van der Waals surface area contributed by atoms with E-state index in [-0.39, 0.29) is 12.4 Å². The van der Waals surface area contributed by atoms with Crippen molar-refractivity contribution in [3.05, 3.63) is 48.5 Å². The van der Waals surface area contributed by atoms with Gasteiger partial charge in [0.05, 0.1) is 17.6 Å². The molecule has 2 heterocycles. The average Bonchev–Trinajstić information content (AvgIpc) is 3.00. The lowest BCUT2D eigenvalue weighted by atomic mass is 10.3. The van der Waals surface area contributed by atoms with Gasteiger partial charge in [0.15, 0.2) is 5.82 Å². The van der Waals surface area contributed by atoms with E-state index in [0.29, 0.717) is 18.1 Å². The minimum atomic E-state index is 0. The van der Waals surface area contributed by atoms with Gasteiger partial charge in [-0.05, 0) is 22.6 Å². The first-order valence-electron chi connectivity index (χ1n) is 5.43. The van der Waals surface area contributed by atoms with Crippen molar-refractivity contribution in [2.75, 3.05) is 5.73 Å². The van der Waals surface area contributed by atoms with Crippen LogP contribution in [0.1, 0.15) is 5.82 Å². The van der Waals surface area contributed by atoms with Crippen molar-refractivity contribution >= 4 is 18.1 Å². The van der Waals surface area contributed by atoms with Crippen LogP contribution in [0.15, 0.2) is 42.7 Å². The molecule has 98 valence electrons. The highest BCUT2D eigenvalue weighted by atomic mass is 35.5. The summed E-state index contributed by atoms with van der Waals surface area (Å²) in [6.45, 7) is 0.471. The van der Waals surface area contributed by atoms with Crippen molar-refractivity contribution in [3.63, 3.8) is 0 Å². The maximum absolute atomic E-state index is 5.61. The highest BCUT2D eigenvalue weighted by Gasteiger charge is 2.08. The number of hydrogen-bond acceptors (Lipinski definition) is 5. The molecule has 0 saturated heterocycles. The summed E-state index contributed by atoms with van der Waals surface area (Å²) in [4.78, 5) is 0. The van der Waals surface area contributed by atoms with Gasteiger partial charge < -0.3 is 5.73 Å². The number of para-hydroxylation sites is 1.